The Labute approximate surface area is 166 Å². The van der Waals surface area contributed by atoms with Crippen molar-refractivity contribution in [2.75, 3.05) is 26.7 Å². The lowest BCUT2D eigenvalue weighted by Crippen LogP contribution is -2.31. The number of rotatable bonds is 5. The number of nitrogens with zero attached hydrogens (tertiary/aromatic N) is 1. The lowest BCUT2D eigenvalue weighted by Gasteiger charge is -2.23. The average Bonchev–Trinajstić information content (AvgIpc) is 3.16. The van der Waals surface area contributed by atoms with Crippen molar-refractivity contribution in [1.29, 1.82) is 0 Å². The minimum absolute atomic E-state index is 0.284. The van der Waals surface area contributed by atoms with Crippen LogP contribution in [0.15, 0.2) is 30.6 Å². The molecule has 0 bridgehead atoms. The smallest absolute Gasteiger partial charge is 0.256 e. The zero-order valence-corrected chi connectivity index (χ0v) is 16.0. The average molecular weight is 400 g/mol. The number of amides is 1. The summed E-state index contributed by atoms with van der Waals surface area (Å²) in [6.07, 6.45) is 5.04. The Morgan fingerprint density at radius 3 is 2.66 bits per heavy atom. The summed E-state index contributed by atoms with van der Waals surface area (Å²) in [6.45, 7) is 2.31. The zero-order chi connectivity index (χ0) is 20.4. The van der Waals surface area contributed by atoms with Crippen molar-refractivity contribution in [3.05, 3.63) is 47.8 Å². The van der Waals surface area contributed by atoms with Crippen molar-refractivity contribution in [2.24, 2.45) is 5.92 Å². The minimum Gasteiger partial charge on any atom is -0.492 e. The van der Waals surface area contributed by atoms with Crippen LogP contribution >= 0.6 is 0 Å². The second-order valence-corrected chi connectivity index (χ2v) is 7.17. The molecule has 29 heavy (non-hydrogen) atoms. The van der Waals surface area contributed by atoms with E-state index in [0.717, 1.165) is 32.0 Å². The fourth-order valence-corrected chi connectivity index (χ4v) is 3.70. The Morgan fingerprint density at radius 2 is 1.97 bits per heavy atom. The van der Waals surface area contributed by atoms with Gasteiger partial charge < -0.3 is 20.4 Å². The van der Waals surface area contributed by atoms with E-state index in [4.69, 9.17) is 4.74 Å². The van der Waals surface area contributed by atoms with Crippen molar-refractivity contribution >= 4 is 16.9 Å². The molecule has 3 heterocycles. The van der Waals surface area contributed by atoms with Gasteiger partial charge in [-0.1, -0.05) is 0 Å². The van der Waals surface area contributed by atoms with Crippen molar-refractivity contribution in [3.63, 3.8) is 0 Å². The van der Waals surface area contributed by atoms with Crippen molar-refractivity contribution in [3.8, 4) is 16.9 Å². The highest BCUT2D eigenvalue weighted by Gasteiger charge is 2.23. The molecular weight excluding hydrogens is 378 g/mol. The van der Waals surface area contributed by atoms with Crippen molar-refractivity contribution < 1.29 is 18.3 Å². The first-order valence-electron chi connectivity index (χ1n) is 9.59. The number of piperidine rings is 1. The van der Waals surface area contributed by atoms with Crippen molar-refractivity contribution in [1.82, 2.24) is 20.6 Å². The van der Waals surface area contributed by atoms with E-state index < -0.39 is 11.6 Å². The molecule has 8 heteroatoms. The van der Waals surface area contributed by atoms with Gasteiger partial charge in [0.25, 0.3) is 5.91 Å². The molecule has 0 unspecified atom stereocenters. The number of hydrogen-bond acceptors (Lipinski definition) is 4. The van der Waals surface area contributed by atoms with E-state index in [1.54, 1.807) is 6.20 Å². The highest BCUT2D eigenvalue weighted by atomic mass is 19.1. The Balaban J connectivity index is 1.82. The number of carbonyl (C=O) groups is 1. The molecule has 0 spiro atoms. The third kappa shape index (κ3) is 3.93. The van der Waals surface area contributed by atoms with Gasteiger partial charge in [0.15, 0.2) is 0 Å². The lowest BCUT2D eigenvalue weighted by molar-refractivity contribution is 0.0957. The van der Waals surface area contributed by atoms with E-state index in [1.807, 2.05) is 0 Å². The molecule has 1 amide bonds. The van der Waals surface area contributed by atoms with Gasteiger partial charge in [-0.25, -0.2) is 13.8 Å². The second-order valence-electron chi connectivity index (χ2n) is 7.17. The molecule has 6 nitrogen and oxygen atoms in total. The molecule has 3 aromatic rings. The van der Waals surface area contributed by atoms with Gasteiger partial charge in [0.2, 0.25) is 0 Å². The van der Waals surface area contributed by atoms with Gasteiger partial charge in [-0.15, -0.1) is 0 Å². The number of benzene rings is 1. The number of carbonyl (C=O) groups excluding carboxylic acids is 1. The highest BCUT2D eigenvalue weighted by Crippen LogP contribution is 2.37. The first kappa shape index (κ1) is 19.3. The van der Waals surface area contributed by atoms with Crippen LogP contribution in [0.25, 0.3) is 22.2 Å². The van der Waals surface area contributed by atoms with Crippen LogP contribution in [0.4, 0.5) is 8.78 Å². The van der Waals surface area contributed by atoms with E-state index in [-0.39, 0.29) is 11.5 Å². The summed E-state index contributed by atoms with van der Waals surface area (Å²) < 4.78 is 33.8. The first-order valence-corrected chi connectivity index (χ1v) is 9.59. The summed E-state index contributed by atoms with van der Waals surface area (Å²) in [6, 6.07) is 3.31. The first-order chi connectivity index (χ1) is 14.1. The normalized spacial score (nSPS) is 14.9. The van der Waals surface area contributed by atoms with Crippen LogP contribution < -0.4 is 15.4 Å². The number of nitrogens with one attached hydrogen (secondary N) is 3. The number of ether oxygens (including phenoxy) is 1. The zero-order valence-electron chi connectivity index (χ0n) is 16.0. The van der Waals surface area contributed by atoms with Gasteiger partial charge >= 0.3 is 0 Å². The predicted molar refractivity (Wildman–Crippen MR) is 106 cm³/mol. The van der Waals surface area contributed by atoms with Crippen LogP contribution in [0, 0.1) is 17.6 Å². The second kappa shape index (κ2) is 8.16. The molecular formula is C21H22F2N4O2. The van der Waals surface area contributed by atoms with Gasteiger partial charge in [-0.05, 0) is 49.5 Å². The predicted octanol–water partition coefficient (Wildman–Crippen LogP) is 3.25. The molecule has 1 aromatic carbocycles. The monoisotopic (exact) mass is 400 g/mol. The van der Waals surface area contributed by atoms with E-state index in [1.165, 1.54) is 25.4 Å². The molecule has 0 aliphatic carbocycles. The maximum atomic E-state index is 13.8. The van der Waals surface area contributed by atoms with Gasteiger partial charge in [0, 0.05) is 31.1 Å². The SMILES string of the molecule is CNC(=O)c1cnc2[nH]cc(-c3cc(F)cc(F)c3)c2c1OCC1CCNCC1. The Morgan fingerprint density at radius 1 is 1.24 bits per heavy atom. The van der Waals surface area contributed by atoms with Crippen LogP contribution in [0.3, 0.4) is 0 Å². The fraction of sp³-hybridized carbons (Fsp3) is 0.333. The van der Waals surface area contributed by atoms with Gasteiger partial charge in [-0.3, -0.25) is 4.79 Å². The molecule has 0 atom stereocenters. The Bertz CT molecular complexity index is 1020. The highest BCUT2D eigenvalue weighted by molar-refractivity contribution is 6.06. The molecule has 0 saturated carbocycles. The van der Waals surface area contributed by atoms with Crippen LogP contribution in [0.1, 0.15) is 23.2 Å². The molecule has 1 fully saturated rings. The van der Waals surface area contributed by atoms with Crippen LogP contribution in [0.5, 0.6) is 5.75 Å². The molecule has 1 saturated heterocycles. The Hall–Kier alpha value is -3.00. The standard InChI is InChI=1S/C21H22F2N4O2/c1-24-21(28)17-10-27-20-18(19(17)29-11-12-2-4-25-5-3-12)16(9-26-20)13-6-14(22)8-15(23)7-13/h6-10,12,25H,2-5,11H2,1H3,(H,24,28)(H,26,27). The molecule has 152 valence electrons. The molecule has 2 aromatic heterocycles. The summed E-state index contributed by atoms with van der Waals surface area (Å²) in [5.41, 5.74) is 1.64. The van der Waals surface area contributed by atoms with E-state index in [2.05, 4.69) is 20.6 Å². The number of aromatic nitrogens is 2. The quantitative estimate of drug-likeness (QED) is 0.614. The number of halogens is 2. The number of hydrogen-bond donors (Lipinski definition) is 3. The number of aromatic amines is 1. The van der Waals surface area contributed by atoms with Crippen LogP contribution in [0.2, 0.25) is 0 Å². The van der Waals surface area contributed by atoms with E-state index in [9.17, 15) is 13.6 Å². The van der Waals surface area contributed by atoms with Gasteiger partial charge in [0.1, 0.15) is 28.6 Å². The lowest BCUT2D eigenvalue weighted by atomic mass is 9.99. The van der Waals surface area contributed by atoms with E-state index >= 15 is 0 Å². The summed E-state index contributed by atoms with van der Waals surface area (Å²) >= 11 is 0. The largest absolute Gasteiger partial charge is 0.492 e. The molecule has 3 N–H and O–H groups in total. The third-order valence-corrected chi connectivity index (χ3v) is 5.22. The number of fused-ring (bicyclic) bond motifs is 1. The summed E-state index contributed by atoms with van der Waals surface area (Å²) in [7, 11) is 1.53. The van der Waals surface area contributed by atoms with Crippen LogP contribution in [-0.4, -0.2) is 42.6 Å². The molecule has 1 aliphatic heterocycles. The number of pyridine rings is 1. The third-order valence-electron chi connectivity index (χ3n) is 5.22. The fourth-order valence-electron chi connectivity index (χ4n) is 3.70. The maximum Gasteiger partial charge on any atom is 0.256 e. The minimum atomic E-state index is -0.679. The summed E-state index contributed by atoms with van der Waals surface area (Å²) in [4.78, 5) is 19.7. The Kier molecular flexibility index (Phi) is 5.44. The molecule has 1 aliphatic rings. The molecule has 0 radical (unpaired) electrons. The van der Waals surface area contributed by atoms with Crippen molar-refractivity contribution in [2.45, 2.75) is 12.8 Å². The molecule has 4 rings (SSSR count). The van der Waals surface area contributed by atoms with E-state index in [0.29, 0.717) is 40.4 Å². The van der Waals surface area contributed by atoms with Crippen LogP contribution in [-0.2, 0) is 0 Å². The summed E-state index contributed by atoms with van der Waals surface area (Å²) in [5, 5.41) is 6.44. The van der Waals surface area contributed by atoms with Gasteiger partial charge in [0.05, 0.1) is 12.0 Å². The number of H-pyrrole nitrogens is 1. The maximum absolute atomic E-state index is 13.8. The topological polar surface area (TPSA) is 79.0 Å². The van der Waals surface area contributed by atoms with Gasteiger partial charge in [-0.2, -0.15) is 0 Å². The summed E-state index contributed by atoms with van der Waals surface area (Å²) in [5.74, 6) is -0.957.